The monoisotopic (exact) mass is 270 g/mol. The van der Waals surface area contributed by atoms with E-state index in [4.69, 9.17) is 23.2 Å². The third-order valence-electron chi connectivity index (χ3n) is 2.55. The fourth-order valence-electron chi connectivity index (χ4n) is 1.54. The molecule has 1 heterocycles. The van der Waals surface area contributed by atoms with E-state index in [2.05, 4.69) is 16.8 Å². The number of hydrogen-bond donors (Lipinski definition) is 0. The minimum Gasteiger partial charge on any atom is -0.152 e. The zero-order valence-corrected chi connectivity index (χ0v) is 11.2. The minimum absolute atomic E-state index is 0.00676. The highest BCUT2D eigenvalue weighted by Crippen LogP contribution is 2.28. The van der Waals surface area contributed by atoms with Crippen LogP contribution in [-0.2, 0) is 6.42 Å². The molecule has 1 aromatic carbocycles. The zero-order chi connectivity index (χ0) is 11.5. The first-order chi connectivity index (χ1) is 7.66. The van der Waals surface area contributed by atoms with Crippen molar-refractivity contribution in [2.24, 2.45) is 0 Å². The van der Waals surface area contributed by atoms with Gasteiger partial charge in [-0.1, -0.05) is 23.7 Å². The van der Waals surface area contributed by atoms with E-state index in [1.165, 1.54) is 5.56 Å². The number of thiophene rings is 1. The van der Waals surface area contributed by atoms with Gasteiger partial charge in [0.2, 0.25) is 0 Å². The van der Waals surface area contributed by atoms with Crippen molar-refractivity contribution in [3.8, 4) is 0 Å². The number of benzene rings is 1. The Morgan fingerprint density at radius 2 is 2.12 bits per heavy atom. The fraction of sp³-hybridized carbons (Fsp3) is 0.231. The summed E-state index contributed by atoms with van der Waals surface area (Å²) in [7, 11) is 0. The maximum atomic E-state index is 6.37. The van der Waals surface area contributed by atoms with Crippen LogP contribution in [0.4, 0.5) is 0 Å². The molecule has 2 rings (SSSR count). The van der Waals surface area contributed by atoms with Gasteiger partial charge in [-0.05, 0) is 52.9 Å². The molecule has 16 heavy (non-hydrogen) atoms. The summed E-state index contributed by atoms with van der Waals surface area (Å²) in [6.07, 6.45) is 0.852. The average molecular weight is 271 g/mol. The second-order valence-corrected chi connectivity index (χ2v) is 5.53. The third-order valence-corrected chi connectivity index (χ3v) is 4.10. The summed E-state index contributed by atoms with van der Waals surface area (Å²) >= 11 is 14.1. The van der Waals surface area contributed by atoms with Crippen molar-refractivity contribution in [1.29, 1.82) is 0 Å². The van der Waals surface area contributed by atoms with E-state index in [9.17, 15) is 0 Å². The average Bonchev–Trinajstić information content (AvgIpc) is 2.74. The lowest BCUT2D eigenvalue weighted by molar-refractivity contribution is 0.924. The summed E-state index contributed by atoms with van der Waals surface area (Å²) < 4.78 is 0. The number of halogens is 2. The molecule has 0 radical (unpaired) electrons. The van der Waals surface area contributed by atoms with Crippen LogP contribution in [0.1, 0.15) is 22.1 Å². The van der Waals surface area contributed by atoms with Gasteiger partial charge in [-0.25, -0.2) is 0 Å². The molecule has 0 fully saturated rings. The van der Waals surface area contributed by atoms with Gasteiger partial charge in [-0.3, -0.25) is 0 Å². The molecule has 2 aromatic rings. The molecule has 1 aromatic heterocycles. The first-order valence-corrected chi connectivity index (χ1v) is 6.84. The molecule has 1 unspecified atom stereocenters. The van der Waals surface area contributed by atoms with E-state index < -0.39 is 0 Å². The molecule has 0 bridgehead atoms. The summed E-state index contributed by atoms with van der Waals surface area (Å²) in [5.41, 5.74) is 3.45. The number of alkyl halides is 1. The Morgan fingerprint density at radius 1 is 1.31 bits per heavy atom. The maximum absolute atomic E-state index is 6.37. The molecule has 0 aliphatic heterocycles. The first-order valence-electron chi connectivity index (χ1n) is 5.08. The summed E-state index contributed by atoms with van der Waals surface area (Å²) in [6.45, 7) is 1.99. The van der Waals surface area contributed by atoms with Crippen LogP contribution >= 0.6 is 34.5 Å². The van der Waals surface area contributed by atoms with Crippen molar-refractivity contribution in [2.75, 3.05) is 0 Å². The predicted molar refractivity (Wildman–Crippen MR) is 72.8 cm³/mol. The first kappa shape index (κ1) is 12.0. The highest BCUT2D eigenvalue weighted by atomic mass is 35.5. The number of aryl methyl sites for hydroxylation is 1. The van der Waals surface area contributed by atoms with Crippen molar-refractivity contribution in [2.45, 2.75) is 18.7 Å². The summed E-state index contributed by atoms with van der Waals surface area (Å²) in [5.74, 6) is 0. The zero-order valence-electron chi connectivity index (χ0n) is 8.91. The lowest BCUT2D eigenvalue weighted by Gasteiger charge is -2.10. The molecule has 0 aliphatic carbocycles. The lowest BCUT2D eigenvalue weighted by atomic mass is 10.0. The van der Waals surface area contributed by atoms with E-state index in [0.29, 0.717) is 0 Å². The summed E-state index contributed by atoms with van der Waals surface area (Å²) in [4.78, 5) is 0. The van der Waals surface area contributed by atoms with Crippen LogP contribution < -0.4 is 0 Å². The molecule has 0 saturated carbocycles. The van der Waals surface area contributed by atoms with Crippen molar-refractivity contribution in [3.05, 3.63) is 56.7 Å². The predicted octanol–water partition coefficient (Wildman–Crippen LogP) is 5.23. The molecule has 0 spiro atoms. The van der Waals surface area contributed by atoms with Crippen LogP contribution in [0.15, 0.2) is 35.0 Å². The second kappa shape index (κ2) is 5.22. The summed E-state index contributed by atoms with van der Waals surface area (Å²) in [5, 5.41) is 4.98. The molecule has 84 valence electrons. The topological polar surface area (TPSA) is 0 Å². The van der Waals surface area contributed by atoms with Crippen molar-refractivity contribution in [3.63, 3.8) is 0 Å². The molecule has 0 aliphatic rings. The van der Waals surface area contributed by atoms with Crippen LogP contribution in [-0.4, -0.2) is 0 Å². The van der Waals surface area contributed by atoms with Crippen LogP contribution in [0.25, 0.3) is 0 Å². The van der Waals surface area contributed by atoms with E-state index in [0.717, 1.165) is 22.6 Å². The van der Waals surface area contributed by atoms with Crippen molar-refractivity contribution < 1.29 is 0 Å². The van der Waals surface area contributed by atoms with Gasteiger partial charge in [0.05, 0.1) is 5.38 Å². The van der Waals surface area contributed by atoms with Gasteiger partial charge in [0.25, 0.3) is 0 Å². The Bertz CT molecular complexity index is 463. The standard InChI is InChI=1S/C13H12Cl2S/c1-9-2-3-11(7-12(9)14)13(15)6-10-4-5-16-8-10/h2-5,7-8,13H,6H2,1H3. The van der Waals surface area contributed by atoms with Crippen LogP contribution in [0.5, 0.6) is 0 Å². The Morgan fingerprint density at radius 3 is 2.75 bits per heavy atom. The quantitative estimate of drug-likeness (QED) is 0.670. The van der Waals surface area contributed by atoms with Gasteiger partial charge < -0.3 is 0 Å². The Labute approximate surface area is 110 Å². The van der Waals surface area contributed by atoms with E-state index >= 15 is 0 Å². The molecule has 3 heteroatoms. The Hall–Kier alpha value is -0.500. The van der Waals surface area contributed by atoms with Crippen LogP contribution in [0, 0.1) is 6.92 Å². The van der Waals surface area contributed by atoms with E-state index in [1.54, 1.807) is 11.3 Å². The Kier molecular flexibility index (Phi) is 3.91. The van der Waals surface area contributed by atoms with Crippen molar-refractivity contribution in [1.82, 2.24) is 0 Å². The van der Waals surface area contributed by atoms with Gasteiger partial charge in [-0.15, -0.1) is 11.6 Å². The van der Waals surface area contributed by atoms with E-state index in [1.807, 2.05) is 25.1 Å². The van der Waals surface area contributed by atoms with E-state index in [-0.39, 0.29) is 5.38 Å². The third kappa shape index (κ3) is 2.79. The smallest absolute Gasteiger partial charge is 0.0626 e. The highest BCUT2D eigenvalue weighted by molar-refractivity contribution is 7.07. The minimum atomic E-state index is -0.00676. The van der Waals surface area contributed by atoms with Gasteiger partial charge in [0.15, 0.2) is 0 Å². The van der Waals surface area contributed by atoms with Gasteiger partial charge >= 0.3 is 0 Å². The molecular formula is C13H12Cl2S. The largest absolute Gasteiger partial charge is 0.152 e. The molecule has 0 saturated heterocycles. The maximum Gasteiger partial charge on any atom is 0.0626 e. The lowest BCUT2D eigenvalue weighted by Crippen LogP contribution is -1.95. The van der Waals surface area contributed by atoms with Gasteiger partial charge in [-0.2, -0.15) is 11.3 Å². The number of hydrogen-bond acceptors (Lipinski definition) is 1. The molecule has 0 amide bonds. The van der Waals surface area contributed by atoms with Crippen LogP contribution in [0.2, 0.25) is 5.02 Å². The molecular weight excluding hydrogens is 259 g/mol. The second-order valence-electron chi connectivity index (χ2n) is 3.81. The molecule has 0 N–H and O–H groups in total. The highest BCUT2D eigenvalue weighted by Gasteiger charge is 2.10. The van der Waals surface area contributed by atoms with Crippen molar-refractivity contribution >= 4 is 34.5 Å². The molecule has 0 nitrogen and oxygen atoms in total. The fourth-order valence-corrected chi connectivity index (χ4v) is 2.72. The van der Waals surface area contributed by atoms with Gasteiger partial charge in [0.1, 0.15) is 0 Å². The van der Waals surface area contributed by atoms with Gasteiger partial charge in [0, 0.05) is 5.02 Å². The normalized spacial score (nSPS) is 12.7. The SMILES string of the molecule is Cc1ccc(C(Cl)Cc2ccsc2)cc1Cl. The Balaban J connectivity index is 2.14. The number of rotatable bonds is 3. The summed E-state index contributed by atoms with van der Waals surface area (Å²) in [6, 6.07) is 8.13. The van der Waals surface area contributed by atoms with Crippen LogP contribution in [0.3, 0.4) is 0 Å². The molecule has 1 atom stereocenters.